The van der Waals surface area contributed by atoms with E-state index in [0.717, 1.165) is 29.7 Å². The van der Waals surface area contributed by atoms with Crippen LogP contribution >= 0.6 is 23.4 Å². The van der Waals surface area contributed by atoms with Gasteiger partial charge in [-0.25, -0.2) is 9.88 Å². The summed E-state index contributed by atoms with van der Waals surface area (Å²) in [5.41, 5.74) is 3.41. The van der Waals surface area contributed by atoms with Crippen LogP contribution in [-0.2, 0) is 9.59 Å². The summed E-state index contributed by atoms with van der Waals surface area (Å²) >= 11 is 7.25. The van der Waals surface area contributed by atoms with Gasteiger partial charge in [0.15, 0.2) is 0 Å². The number of carbonyl (C=O) groups excluding carboxylic acids is 2. The average molecular weight is 490 g/mol. The van der Waals surface area contributed by atoms with Crippen molar-refractivity contribution in [2.45, 2.75) is 35.5 Å². The molecule has 1 aromatic heterocycles. The van der Waals surface area contributed by atoms with Gasteiger partial charge < -0.3 is 4.74 Å². The standard InChI is InChI=1S/C26H20ClN3O3S/c1-33-19-4-2-3-18(11-19)30-24(31)13-23(26(30)32)34-25-21(14-28)20(12-22(29-25)16-5-6-16)15-7-9-17(27)10-8-15/h2-4,7-12,16,23H,5-6,13H2,1H3/t23-/m1/s1. The lowest BCUT2D eigenvalue weighted by atomic mass is 10.0. The normalized spacial score (nSPS) is 17.7. The predicted octanol–water partition coefficient (Wildman–Crippen LogP) is 5.58. The Morgan fingerprint density at radius 2 is 1.91 bits per heavy atom. The van der Waals surface area contributed by atoms with Crippen molar-refractivity contribution in [1.82, 2.24) is 4.98 Å². The summed E-state index contributed by atoms with van der Waals surface area (Å²) < 4.78 is 5.23. The average Bonchev–Trinajstić information content (AvgIpc) is 3.65. The Bertz CT molecular complexity index is 1330. The molecule has 2 aliphatic rings. The Morgan fingerprint density at radius 3 is 2.59 bits per heavy atom. The summed E-state index contributed by atoms with van der Waals surface area (Å²) in [4.78, 5) is 32.0. The molecule has 0 unspecified atom stereocenters. The van der Waals surface area contributed by atoms with Gasteiger partial charge in [0.1, 0.15) is 16.8 Å². The second-order valence-electron chi connectivity index (χ2n) is 8.25. The van der Waals surface area contributed by atoms with Gasteiger partial charge in [-0.3, -0.25) is 9.59 Å². The number of halogens is 1. The summed E-state index contributed by atoms with van der Waals surface area (Å²) in [6.45, 7) is 0. The summed E-state index contributed by atoms with van der Waals surface area (Å²) in [5.74, 6) is 0.309. The number of pyridine rings is 1. The topological polar surface area (TPSA) is 83.3 Å². The lowest BCUT2D eigenvalue weighted by Gasteiger charge is -2.16. The van der Waals surface area contributed by atoms with Gasteiger partial charge >= 0.3 is 0 Å². The maximum Gasteiger partial charge on any atom is 0.247 e. The number of benzene rings is 2. The van der Waals surface area contributed by atoms with Crippen LogP contribution in [0, 0.1) is 11.3 Å². The molecular weight excluding hydrogens is 470 g/mol. The molecule has 5 rings (SSSR count). The van der Waals surface area contributed by atoms with Crippen molar-refractivity contribution < 1.29 is 14.3 Å². The highest BCUT2D eigenvalue weighted by molar-refractivity contribution is 8.00. The number of anilines is 1. The largest absolute Gasteiger partial charge is 0.497 e. The monoisotopic (exact) mass is 489 g/mol. The zero-order chi connectivity index (χ0) is 23.8. The minimum Gasteiger partial charge on any atom is -0.497 e. The molecule has 3 aromatic rings. The maximum atomic E-state index is 13.3. The number of amides is 2. The number of ether oxygens (including phenoxy) is 1. The van der Waals surface area contributed by atoms with E-state index in [1.807, 2.05) is 18.2 Å². The molecule has 34 heavy (non-hydrogen) atoms. The van der Waals surface area contributed by atoms with E-state index < -0.39 is 5.25 Å². The SMILES string of the molecule is COc1cccc(N2C(=O)C[C@@H](Sc3nc(C4CC4)cc(-c4ccc(Cl)cc4)c3C#N)C2=O)c1. The molecule has 0 N–H and O–H groups in total. The van der Waals surface area contributed by atoms with E-state index in [9.17, 15) is 14.9 Å². The van der Waals surface area contributed by atoms with E-state index >= 15 is 0 Å². The fourth-order valence-corrected chi connectivity index (χ4v) is 5.29. The molecule has 1 saturated heterocycles. The maximum absolute atomic E-state index is 13.3. The number of nitrogens with zero attached hydrogens (tertiary/aromatic N) is 3. The van der Waals surface area contributed by atoms with Crippen LogP contribution in [0.15, 0.2) is 59.6 Å². The molecule has 1 aliphatic carbocycles. The zero-order valence-corrected chi connectivity index (χ0v) is 19.9. The molecule has 1 aliphatic heterocycles. The first-order valence-electron chi connectivity index (χ1n) is 10.9. The molecule has 6 nitrogen and oxygen atoms in total. The number of rotatable bonds is 6. The van der Waals surface area contributed by atoms with Crippen LogP contribution in [-0.4, -0.2) is 29.2 Å². The molecule has 1 saturated carbocycles. The van der Waals surface area contributed by atoms with E-state index in [-0.39, 0.29) is 18.2 Å². The Labute approximate surface area is 206 Å². The van der Waals surface area contributed by atoms with Gasteiger partial charge in [-0.15, -0.1) is 0 Å². The van der Waals surface area contributed by atoms with E-state index in [4.69, 9.17) is 21.3 Å². The van der Waals surface area contributed by atoms with Gasteiger partial charge in [-0.2, -0.15) is 5.26 Å². The summed E-state index contributed by atoms with van der Waals surface area (Å²) in [6.07, 6.45) is 2.14. The first kappa shape index (κ1) is 22.5. The van der Waals surface area contributed by atoms with Crippen molar-refractivity contribution in [3.05, 3.63) is 70.9 Å². The minimum atomic E-state index is -0.661. The Morgan fingerprint density at radius 1 is 1.15 bits per heavy atom. The zero-order valence-electron chi connectivity index (χ0n) is 18.3. The highest BCUT2D eigenvalue weighted by Crippen LogP contribution is 2.44. The van der Waals surface area contributed by atoms with Crippen LogP contribution in [0.5, 0.6) is 5.75 Å². The van der Waals surface area contributed by atoms with E-state index in [1.54, 1.807) is 36.4 Å². The van der Waals surface area contributed by atoms with Gasteiger partial charge in [0, 0.05) is 34.7 Å². The van der Waals surface area contributed by atoms with Gasteiger partial charge in [-0.1, -0.05) is 41.6 Å². The number of hydrogen-bond donors (Lipinski definition) is 0. The van der Waals surface area contributed by atoms with Crippen LogP contribution < -0.4 is 9.64 Å². The molecule has 1 atom stereocenters. The molecule has 0 radical (unpaired) electrons. The van der Waals surface area contributed by atoms with E-state index in [1.165, 1.54) is 23.8 Å². The van der Waals surface area contributed by atoms with Crippen molar-refractivity contribution in [1.29, 1.82) is 5.26 Å². The van der Waals surface area contributed by atoms with E-state index in [0.29, 0.717) is 33.0 Å². The lowest BCUT2D eigenvalue weighted by molar-refractivity contribution is -0.121. The highest BCUT2D eigenvalue weighted by Gasteiger charge is 2.41. The predicted molar refractivity (Wildman–Crippen MR) is 131 cm³/mol. The van der Waals surface area contributed by atoms with Gasteiger partial charge in [0.05, 0.1) is 23.6 Å². The number of methoxy groups -OCH3 is 1. The first-order valence-corrected chi connectivity index (χ1v) is 12.1. The smallest absolute Gasteiger partial charge is 0.247 e. The molecule has 2 amide bonds. The van der Waals surface area contributed by atoms with Crippen LogP contribution in [0.4, 0.5) is 5.69 Å². The van der Waals surface area contributed by atoms with Crippen LogP contribution in [0.2, 0.25) is 5.02 Å². The summed E-state index contributed by atoms with van der Waals surface area (Å²) in [6, 6.07) is 18.4. The van der Waals surface area contributed by atoms with Gasteiger partial charge in [0.2, 0.25) is 11.8 Å². The number of nitriles is 1. The molecular formula is C26H20ClN3O3S. The van der Waals surface area contributed by atoms with Crippen LogP contribution in [0.1, 0.15) is 36.4 Å². The second-order valence-corrected chi connectivity index (χ2v) is 9.88. The number of carbonyl (C=O) groups is 2. The Hall–Kier alpha value is -3.34. The fraction of sp³-hybridized carbons (Fsp3) is 0.231. The van der Waals surface area contributed by atoms with Crippen molar-refractivity contribution >= 4 is 40.9 Å². The Kier molecular flexibility index (Phi) is 6.03. The number of thioether (sulfide) groups is 1. The van der Waals surface area contributed by atoms with E-state index in [2.05, 4.69) is 6.07 Å². The molecule has 2 aromatic carbocycles. The molecule has 170 valence electrons. The first-order chi connectivity index (χ1) is 16.5. The van der Waals surface area contributed by atoms with Crippen LogP contribution in [0.25, 0.3) is 11.1 Å². The minimum absolute atomic E-state index is 0.0389. The van der Waals surface area contributed by atoms with Crippen molar-refractivity contribution in [3.63, 3.8) is 0 Å². The molecule has 0 spiro atoms. The summed E-state index contributed by atoms with van der Waals surface area (Å²) in [7, 11) is 1.53. The number of aromatic nitrogens is 1. The quantitative estimate of drug-likeness (QED) is 0.420. The second kappa shape index (κ2) is 9.13. The number of hydrogen-bond acceptors (Lipinski definition) is 6. The van der Waals surface area contributed by atoms with Crippen molar-refractivity contribution in [3.8, 4) is 22.9 Å². The van der Waals surface area contributed by atoms with Gasteiger partial charge in [-0.05, 0) is 48.7 Å². The lowest BCUT2D eigenvalue weighted by Crippen LogP contribution is -2.31. The third-order valence-electron chi connectivity index (χ3n) is 5.94. The highest BCUT2D eigenvalue weighted by atomic mass is 35.5. The summed E-state index contributed by atoms with van der Waals surface area (Å²) in [5, 5.41) is 10.5. The van der Waals surface area contributed by atoms with Crippen LogP contribution in [0.3, 0.4) is 0 Å². The molecule has 8 heteroatoms. The third kappa shape index (κ3) is 4.27. The molecule has 2 fully saturated rings. The molecule has 2 heterocycles. The van der Waals surface area contributed by atoms with Crippen molar-refractivity contribution in [2.24, 2.45) is 0 Å². The molecule has 0 bridgehead atoms. The van der Waals surface area contributed by atoms with Gasteiger partial charge in [0.25, 0.3) is 0 Å². The van der Waals surface area contributed by atoms with Crippen molar-refractivity contribution in [2.75, 3.05) is 12.0 Å². The fourth-order valence-electron chi connectivity index (χ4n) is 4.03. The number of imide groups is 1. The Balaban J connectivity index is 1.50. The third-order valence-corrected chi connectivity index (χ3v) is 7.36.